The average molecular weight is 580 g/mol. The Labute approximate surface area is 251 Å². The number of hydrogen-bond acceptors (Lipinski definition) is 9. The Morgan fingerprint density at radius 2 is 1.60 bits per heavy atom. The highest BCUT2D eigenvalue weighted by Gasteiger charge is 2.14. The van der Waals surface area contributed by atoms with Crippen molar-refractivity contribution in [1.82, 2.24) is 25.6 Å². The second kappa shape index (κ2) is 21.8. The van der Waals surface area contributed by atoms with E-state index in [-0.39, 0.29) is 11.9 Å². The summed E-state index contributed by atoms with van der Waals surface area (Å²) < 4.78 is 4.72. The summed E-state index contributed by atoms with van der Waals surface area (Å²) in [5, 5.41) is 9.11. The molecule has 1 aliphatic carbocycles. The van der Waals surface area contributed by atoms with Gasteiger partial charge in [-0.2, -0.15) is 0 Å². The van der Waals surface area contributed by atoms with Crippen molar-refractivity contribution in [2.24, 2.45) is 0 Å². The minimum absolute atomic E-state index is 0.157. The molecule has 5 N–H and O–H groups in total. The number of aryl methyl sites for hydroxylation is 1. The minimum atomic E-state index is -0.243. The van der Waals surface area contributed by atoms with E-state index in [0.29, 0.717) is 17.2 Å². The standard InChI is InChI=1S/C21H24N6O.C6H12.C4H11NO.CH2O/c1-4-23-20-11-18(26-14(3)27-20)13(2)25-21(28)16-7-5-15(6-8-16)17-9-10-19(22)24-12-17;1-2-4-6-5-3-1;1-5-3-4-6-2;1-2/h5-13H,4H2,1-3H3,(H2,22,24)(H,25,28)(H,23,26,27);1-6H2;5H,3-4H2,1-2H3;1H2. The van der Waals surface area contributed by atoms with Gasteiger partial charge in [-0.15, -0.1) is 0 Å². The van der Waals surface area contributed by atoms with E-state index in [4.69, 9.17) is 15.3 Å². The van der Waals surface area contributed by atoms with Crippen molar-refractivity contribution in [2.75, 3.05) is 44.9 Å². The van der Waals surface area contributed by atoms with Crippen molar-refractivity contribution < 1.29 is 14.3 Å². The Morgan fingerprint density at radius 1 is 1.00 bits per heavy atom. The predicted octanol–water partition coefficient (Wildman–Crippen LogP) is 5.36. The fourth-order valence-electron chi connectivity index (χ4n) is 4.09. The minimum Gasteiger partial charge on any atom is -0.384 e. The van der Waals surface area contributed by atoms with Crippen molar-refractivity contribution in [3.8, 4) is 11.1 Å². The van der Waals surface area contributed by atoms with Gasteiger partial charge in [0.15, 0.2) is 0 Å². The molecule has 0 spiro atoms. The molecule has 0 saturated heterocycles. The van der Waals surface area contributed by atoms with E-state index in [1.54, 1.807) is 31.5 Å². The number of nitrogens with two attached hydrogens (primary N) is 1. The number of rotatable bonds is 9. The first kappa shape index (κ1) is 36.1. The van der Waals surface area contributed by atoms with E-state index in [2.05, 4.69) is 30.9 Å². The highest BCUT2D eigenvalue weighted by Crippen LogP contribution is 2.20. The van der Waals surface area contributed by atoms with E-state index in [1.807, 2.05) is 58.9 Å². The summed E-state index contributed by atoms with van der Waals surface area (Å²) in [7, 11) is 3.59. The normalized spacial score (nSPS) is 12.6. The molecule has 0 aliphatic heterocycles. The number of amides is 1. The van der Waals surface area contributed by atoms with E-state index in [1.165, 1.54) is 38.5 Å². The van der Waals surface area contributed by atoms with Gasteiger partial charge in [0.2, 0.25) is 0 Å². The molecule has 3 aromatic rings. The fourth-order valence-corrected chi connectivity index (χ4v) is 4.09. The molecule has 1 amide bonds. The zero-order valence-corrected chi connectivity index (χ0v) is 25.9. The Morgan fingerprint density at radius 3 is 2.07 bits per heavy atom. The SMILES string of the molecule is C1CCCCC1.C=O.CCNc1cc(C(C)NC(=O)c2ccc(-c3ccc(N)nc3)cc2)nc(C)n1.CNCCOC. The quantitative estimate of drug-likeness (QED) is 0.246. The average Bonchev–Trinajstić information content (AvgIpc) is 3.03. The first-order valence-corrected chi connectivity index (χ1v) is 14.5. The molecule has 42 heavy (non-hydrogen) atoms. The van der Waals surface area contributed by atoms with E-state index in [9.17, 15) is 4.79 Å². The topological polar surface area (TPSA) is 144 Å². The molecule has 1 atom stereocenters. The third-order valence-electron chi connectivity index (χ3n) is 6.33. The molecule has 1 unspecified atom stereocenters. The summed E-state index contributed by atoms with van der Waals surface area (Å²) in [5.41, 5.74) is 8.88. The number of nitrogen functional groups attached to an aromatic ring is 1. The van der Waals surface area contributed by atoms with Crippen molar-refractivity contribution in [3.63, 3.8) is 0 Å². The predicted molar refractivity (Wildman–Crippen MR) is 172 cm³/mol. The maximum Gasteiger partial charge on any atom is 0.251 e. The Hall–Kier alpha value is -3.89. The maximum atomic E-state index is 12.6. The zero-order valence-electron chi connectivity index (χ0n) is 25.9. The molecule has 1 saturated carbocycles. The van der Waals surface area contributed by atoms with Gasteiger partial charge >= 0.3 is 0 Å². The van der Waals surface area contributed by atoms with Crippen LogP contribution in [0.5, 0.6) is 0 Å². The molecule has 1 aliphatic rings. The lowest BCUT2D eigenvalue weighted by Gasteiger charge is -2.15. The molecule has 2 heterocycles. The van der Waals surface area contributed by atoms with Crippen LogP contribution in [0, 0.1) is 6.92 Å². The first-order valence-electron chi connectivity index (χ1n) is 14.5. The van der Waals surface area contributed by atoms with Crippen LogP contribution < -0.4 is 21.7 Å². The second-order valence-electron chi connectivity index (χ2n) is 9.72. The molecule has 0 radical (unpaired) electrons. The number of ether oxygens (including phenoxy) is 1. The molecule has 1 aromatic carbocycles. The van der Waals surface area contributed by atoms with Gasteiger partial charge in [0.1, 0.15) is 24.2 Å². The van der Waals surface area contributed by atoms with Gasteiger partial charge in [0.05, 0.1) is 18.3 Å². The van der Waals surface area contributed by atoms with Crippen LogP contribution in [0.3, 0.4) is 0 Å². The van der Waals surface area contributed by atoms with Crippen LogP contribution in [0.4, 0.5) is 11.6 Å². The molecule has 2 aromatic heterocycles. The third-order valence-corrected chi connectivity index (χ3v) is 6.33. The maximum absolute atomic E-state index is 12.6. The van der Waals surface area contributed by atoms with Crippen LogP contribution in [-0.2, 0) is 9.53 Å². The Kier molecular flexibility index (Phi) is 18.8. The number of benzene rings is 1. The zero-order chi connectivity index (χ0) is 31.2. The van der Waals surface area contributed by atoms with Gasteiger partial charge in [0, 0.05) is 43.6 Å². The monoisotopic (exact) mass is 579 g/mol. The van der Waals surface area contributed by atoms with E-state index >= 15 is 0 Å². The molecular formula is C32H49N7O3. The van der Waals surface area contributed by atoms with Crippen LogP contribution in [0.1, 0.15) is 80.3 Å². The number of anilines is 2. The van der Waals surface area contributed by atoms with E-state index < -0.39 is 0 Å². The Bertz CT molecular complexity index is 1120. The van der Waals surface area contributed by atoms with Crippen molar-refractivity contribution >= 4 is 24.3 Å². The summed E-state index contributed by atoms with van der Waals surface area (Å²) in [6.45, 7) is 10.3. The summed E-state index contributed by atoms with van der Waals surface area (Å²) in [6.07, 6.45) is 10.7. The molecule has 10 nitrogen and oxygen atoms in total. The second-order valence-corrected chi connectivity index (χ2v) is 9.72. The van der Waals surface area contributed by atoms with Gasteiger partial charge < -0.3 is 31.2 Å². The Balaban J connectivity index is 0.000000519. The number of likely N-dealkylation sites (N-methyl/N-ethyl adjacent to an activating group) is 1. The van der Waals surface area contributed by atoms with Crippen LogP contribution in [-0.4, -0.2) is 61.5 Å². The summed E-state index contributed by atoms with van der Waals surface area (Å²) in [5.74, 6) is 1.74. The molecule has 4 rings (SSSR count). The number of pyridine rings is 1. The highest BCUT2D eigenvalue weighted by molar-refractivity contribution is 5.94. The van der Waals surface area contributed by atoms with Crippen LogP contribution in [0.25, 0.3) is 11.1 Å². The fraction of sp³-hybridized carbons (Fsp3) is 0.469. The number of aromatic nitrogens is 3. The van der Waals surface area contributed by atoms with Gasteiger partial charge in [0.25, 0.3) is 5.91 Å². The molecular weight excluding hydrogens is 530 g/mol. The van der Waals surface area contributed by atoms with Crippen LogP contribution in [0.15, 0.2) is 48.7 Å². The van der Waals surface area contributed by atoms with Gasteiger partial charge in [-0.3, -0.25) is 4.79 Å². The van der Waals surface area contributed by atoms with E-state index in [0.717, 1.165) is 42.3 Å². The number of carbonyl (C=O) groups is 2. The summed E-state index contributed by atoms with van der Waals surface area (Å²) in [6, 6.07) is 12.6. The lowest BCUT2D eigenvalue weighted by Crippen LogP contribution is -2.27. The summed E-state index contributed by atoms with van der Waals surface area (Å²) >= 11 is 0. The largest absolute Gasteiger partial charge is 0.384 e. The lowest BCUT2D eigenvalue weighted by molar-refractivity contribution is -0.0980. The van der Waals surface area contributed by atoms with Gasteiger partial charge in [-0.05, 0) is 57.6 Å². The van der Waals surface area contributed by atoms with Crippen LogP contribution >= 0.6 is 0 Å². The molecule has 10 heteroatoms. The number of carbonyl (C=O) groups excluding carboxylic acids is 2. The van der Waals surface area contributed by atoms with Crippen molar-refractivity contribution in [2.45, 2.75) is 65.3 Å². The van der Waals surface area contributed by atoms with Crippen LogP contribution in [0.2, 0.25) is 0 Å². The highest BCUT2D eigenvalue weighted by atomic mass is 16.5. The molecule has 230 valence electrons. The number of methoxy groups -OCH3 is 1. The van der Waals surface area contributed by atoms with Gasteiger partial charge in [-0.1, -0.05) is 50.7 Å². The number of hydrogen-bond donors (Lipinski definition) is 4. The van der Waals surface area contributed by atoms with Crippen molar-refractivity contribution in [3.05, 3.63) is 65.7 Å². The smallest absolute Gasteiger partial charge is 0.251 e. The van der Waals surface area contributed by atoms with Crippen molar-refractivity contribution in [1.29, 1.82) is 0 Å². The van der Waals surface area contributed by atoms with Gasteiger partial charge in [-0.25, -0.2) is 15.0 Å². The summed E-state index contributed by atoms with van der Waals surface area (Å²) in [4.78, 5) is 33.5. The lowest BCUT2D eigenvalue weighted by atomic mass is 10.0. The third kappa shape index (κ3) is 14.1. The molecule has 0 bridgehead atoms. The molecule has 1 fully saturated rings. The number of nitrogens with zero attached hydrogens (tertiary/aromatic N) is 3. The number of nitrogens with one attached hydrogen (secondary N) is 3. The first-order chi connectivity index (χ1) is 20.4.